The van der Waals surface area contributed by atoms with Gasteiger partial charge in [-0.15, -0.1) is 0 Å². The highest BCUT2D eigenvalue weighted by Gasteiger charge is 2.33. The number of carbonyl (C=O) groups is 2. The van der Waals surface area contributed by atoms with Crippen molar-refractivity contribution < 1.29 is 34.0 Å². The number of aliphatic carboxylic acids is 1. The average molecular weight is 603 g/mol. The van der Waals surface area contributed by atoms with E-state index >= 15 is 0 Å². The number of aliphatic hydroxyl groups excluding tert-OH is 1. The minimum absolute atomic E-state index is 0.00175. The zero-order valence-electron chi connectivity index (χ0n) is 25.0. The number of carbonyl (C=O) groups excluding carboxylic acids is 1. The molecule has 2 saturated heterocycles. The van der Waals surface area contributed by atoms with Crippen LogP contribution >= 0.6 is 0 Å². The lowest BCUT2D eigenvalue weighted by atomic mass is 9.99. The monoisotopic (exact) mass is 602 g/mol. The first-order valence-corrected chi connectivity index (χ1v) is 15.5. The van der Waals surface area contributed by atoms with Crippen LogP contribution in [0.3, 0.4) is 0 Å². The third-order valence-electron chi connectivity index (χ3n) is 8.16. The maximum atomic E-state index is 12.2. The van der Waals surface area contributed by atoms with Gasteiger partial charge < -0.3 is 29.7 Å². The van der Waals surface area contributed by atoms with Gasteiger partial charge in [-0.05, 0) is 46.7 Å². The van der Waals surface area contributed by atoms with Crippen molar-refractivity contribution in [3.63, 3.8) is 0 Å². The Hall–Kier alpha value is -3.60. The van der Waals surface area contributed by atoms with Crippen molar-refractivity contribution in [3.05, 3.63) is 95.1 Å². The van der Waals surface area contributed by atoms with E-state index < -0.39 is 12.3 Å². The first-order chi connectivity index (χ1) is 21.5. The molecule has 44 heavy (non-hydrogen) atoms. The molecule has 0 aromatic heterocycles. The summed E-state index contributed by atoms with van der Waals surface area (Å²) in [5.41, 5.74) is 5.98. The molecule has 2 aliphatic rings. The van der Waals surface area contributed by atoms with Crippen molar-refractivity contribution in [2.24, 2.45) is 0 Å². The summed E-state index contributed by atoms with van der Waals surface area (Å²) in [5, 5.41) is 21.1. The zero-order valence-corrected chi connectivity index (χ0v) is 25.0. The zero-order chi connectivity index (χ0) is 30.7. The van der Waals surface area contributed by atoms with Crippen molar-refractivity contribution in [2.75, 3.05) is 32.8 Å². The summed E-state index contributed by atoms with van der Waals surface area (Å²) in [6.45, 7) is 4.51. The highest BCUT2D eigenvalue weighted by atomic mass is 16.7. The van der Waals surface area contributed by atoms with E-state index in [4.69, 9.17) is 19.3 Å². The Morgan fingerprint density at radius 2 is 1.57 bits per heavy atom. The van der Waals surface area contributed by atoms with Gasteiger partial charge in [-0.3, -0.25) is 14.5 Å². The van der Waals surface area contributed by atoms with E-state index in [0.717, 1.165) is 72.6 Å². The third-order valence-corrected chi connectivity index (χ3v) is 8.16. The fraction of sp³-hybridized carbons (Fsp3) is 0.429. The number of hydrogen-bond acceptors (Lipinski definition) is 7. The van der Waals surface area contributed by atoms with Crippen LogP contribution < -0.4 is 5.32 Å². The van der Waals surface area contributed by atoms with Crippen LogP contribution in [0.1, 0.15) is 66.8 Å². The van der Waals surface area contributed by atoms with Crippen molar-refractivity contribution in [3.8, 4) is 11.1 Å². The Bertz CT molecular complexity index is 1360. The molecule has 0 unspecified atom stereocenters. The molecular formula is C35H42N2O7. The second kappa shape index (κ2) is 15.9. The number of amides is 1. The fourth-order valence-electron chi connectivity index (χ4n) is 5.65. The summed E-state index contributed by atoms with van der Waals surface area (Å²) in [7, 11) is 0. The van der Waals surface area contributed by atoms with E-state index in [1.807, 2.05) is 42.5 Å². The molecule has 3 aromatic rings. The molecule has 2 aliphatic heterocycles. The summed E-state index contributed by atoms with van der Waals surface area (Å²) in [6.07, 6.45) is 1.57. The SMILES string of the molecule is O=C(O)CCCCC(=O)NCc1cccc(-c2ccc([C@H]3O[C@@H](CN4CCOCC4)C[C@@H](c4ccc(CO)cc4)O3)cc2)c1. The number of carboxylic acids is 1. The van der Waals surface area contributed by atoms with Gasteiger partial charge in [-0.1, -0.05) is 66.7 Å². The number of rotatable bonds is 13. The van der Waals surface area contributed by atoms with Gasteiger partial charge in [-0.2, -0.15) is 0 Å². The van der Waals surface area contributed by atoms with Crippen molar-refractivity contribution >= 4 is 11.9 Å². The van der Waals surface area contributed by atoms with Crippen molar-refractivity contribution in [1.82, 2.24) is 10.2 Å². The largest absolute Gasteiger partial charge is 0.481 e. The van der Waals surface area contributed by atoms with Crippen LogP contribution in [0.25, 0.3) is 11.1 Å². The fourth-order valence-corrected chi connectivity index (χ4v) is 5.65. The van der Waals surface area contributed by atoms with Crippen LogP contribution in [-0.2, 0) is 37.0 Å². The Morgan fingerprint density at radius 1 is 0.841 bits per heavy atom. The number of unbranched alkanes of at least 4 members (excludes halogenated alkanes) is 1. The highest BCUT2D eigenvalue weighted by molar-refractivity contribution is 5.76. The Labute approximate surface area is 258 Å². The Kier molecular flexibility index (Phi) is 11.5. The number of carboxylic acid groups (broad SMARTS) is 1. The number of hydrogen-bond donors (Lipinski definition) is 3. The van der Waals surface area contributed by atoms with Crippen LogP contribution in [0.5, 0.6) is 0 Å². The standard InChI is InChI=1S/C35H42N2O7/c38-24-25-8-10-28(11-9-25)32-21-31(23-37-16-18-42-19-17-37)43-35(44-32)29-14-12-27(13-15-29)30-5-3-4-26(20-30)22-36-33(39)6-1-2-7-34(40)41/h3-5,8-15,20,31-32,35,38H,1-2,6-7,16-19,21-24H2,(H,36,39)(H,40,41)/t31-,32+,35+/m1/s1. The van der Waals surface area contributed by atoms with Gasteiger partial charge >= 0.3 is 5.97 Å². The first kappa shape index (κ1) is 31.8. The number of benzene rings is 3. The Morgan fingerprint density at radius 3 is 2.30 bits per heavy atom. The molecule has 3 N–H and O–H groups in total. The second-order valence-corrected chi connectivity index (χ2v) is 11.5. The molecule has 1 amide bonds. The van der Waals surface area contributed by atoms with Crippen LogP contribution in [-0.4, -0.2) is 65.9 Å². The van der Waals surface area contributed by atoms with Crippen molar-refractivity contribution in [1.29, 1.82) is 0 Å². The van der Waals surface area contributed by atoms with Gasteiger partial charge in [0.2, 0.25) is 5.91 Å². The van der Waals surface area contributed by atoms with Crippen LogP contribution in [0, 0.1) is 0 Å². The minimum atomic E-state index is -0.837. The number of nitrogens with zero attached hydrogens (tertiary/aromatic N) is 1. The molecule has 0 saturated carbocycles. The van der Waals surface area contributed by atoms with Gasteiger partial charge in [0.15, 0.2) is 6.29 Å². The van der Waals surface area contributed by atoms with Crippen LogP contribution in [0.2, 0.25) is 0 Å². The molecule has 2 heterocycles. The third kappa shape index (κ3) is 9.20. The Balaban J connectivity index is 1.23. The van der Waals surface area contributed by atoms with Crippen LogP contribution in [0.4, 0.5) is 0 Å². The molecule has 5 rings (SSSR count). The smallest absolute Gasteiger partial charge is 0.303 e. The average Bonchev–Trinajstić information content (AvgIpc) is 3.06. The summed E-state index contributed by atoms with van der Waals surface area (Å²) >= 11 is 0. The molecule has 9 nitrogen and oxygen atoms in total. The van der Waals surface area contributed by atoms with E-state index in [1.54, 1.807) is 0 Å². The lowest BCUT2D eigenvalue weighted by Crippen LogP contribution is -2.44. The summed E-state index contributed by atoms with van der Waals surface area (Å²) in [5.74, 6) is -0.913. The van der Waals surface area contributed by atoms with E-state index in [0.29, 0.717) is 25.8 Å². The van der Waals surface area contributed by atoms with Gasteiger partial charge in [0, 0.05) is 51.0 Å². The number of morpholine rings is 1. The molecule has 0 spiro atoms. The number of ether oxygens (including phenoxy) is 3. The van der Waals surface area contributed by atoms with Gasteiger partial charge in [0.1, 0.15) is 0 Å². The highest BCUT2D eigenvalue weighted by Crippen LogP contribution is 2.38. The number of aliphatic hydroxyl groups is 1. The lowest BCUT2D eigenvalue weighted by molar-refractivity contribution is -0.253. The van der Waals surface area contributed by atoms with E-state index in [1.165, 1.54) is 0 Å². The van der Waals surface area contributed by atoms with E-state index in [9.17, 15) is 14.7 Å². The quantitative estimate of drug-likeness (QED) is 0.235. The molecular weight excluding hydrogens is 560 g/mol. The first-order valence-electron chi connectivity index (χ1n) is 15.5. The summed E-state index contributed by atoms with van der Waals surface area (Å²) in [6, 6.07) is 24.3. The molecule has 0 bridgehead atoms. The lowest BCUT2D eigenvalue weighted by Gasteiger charge is -2.39. The summed E-state index contributed by atoms with van der Waals surface area (Å²) < 4.78 is 18.6. The molecule has 0 radical (unpaired) electrons. The van der Waals surface area contributed by atoms with E-state index in [-0.39, 0.29) is 31.1 Å². The maximum Gasteiger partial charge on any atom is 0.303 e. The maximum absolute atomic E-state index is 12.2. The molecule has 234 valence electrons. The second-order valence-electron chi connectivity index (χ2n) is 11.5. The van der Waals surface area contributed by atoms with Gasteiger partial charge in [0.05, 0.1) is 32.0 Å². The minimum Gasteiger partial charge on any atom is -0.481 e. The molecule has 3 aromatic carbocycles. The molecule has 0 aliphatic carbocycles. The molecule has 3 atom stereocenters. The van der Waals surface area contributed by atoms with E-state index in [2.05, 4.69) is 40.5 Å². The normalized spacial score (nSPS) is 20.7. The predicted octanol–water partition coefficient (Wildman–Crippen LogP) is 4.98. The summed E-state index contributed by atoms with van der Waals surface area (Å²) in [4.78, 5) is 25.2. The van der Waals surface area contributed by atoms with Crippen molar-refractivity contribution in [2.45, 2.75) is 63.8 Å². The topological polar surface area (TPSA) is 118 Å². The van der Waals surface area contributed by atoms with Gasteiger partial charge in [-0.25, -0.2) is 0 Å². The molecule has 2 fully saturated rings. The van der Waals surface area contributed by atoms with Gasteiger partial charge in [0.25, 0.3) is 0 Å². The predicted molar refractivity (Wildman–Crippen MR) is 166 cm³/mol. The van der Waals surface area contributed by atoms with Crippen LogP contribution in [0.15, 0.2) is 72.8 Å². The molecule has 9 heteroatoms. The number of nitrogens with one attached hydrogen (secondary N) is 1.